The zero-order valence-electron chi connectivity index (χ0n) is 10.3. The summed E-state index contributed by atoms with van der Waals surface area (Å²) in [5, 5.41) is 12.4. The highest BCUT2D eigenvalue weighted by atomic mass is 32.1. The summed E-state index contributed by atoms with van der Waals surface area (Å²) in [6, 6.07) is 0.158. The monoisotopic (exact) mass is 266 g/mol. The third kappa shape index (κ3) is 2.17. The van der Waals surface area contributed by atoms with Crippen molar-refractivity contribution in [2.75, 3.05) is 0 Å². The van der Waals surface area contributed by atoms with E-state index < -0.39 is 5.97 Å². The minimum atomic E-state index is -0.666. The second-order valence-electron chi connectivity index (χ2n) is 5.30. The summed E-state index contributed by atoms with van der Waals surface area (Å²) in [5.74, 6) is -0.0826. The predicted octanol–water partition coefficient (Wildman–Crippen LogP) is 2.36. The van der Waals surface area contributed by atoms with Gasteiger partial charge in [-0.1, -0.05) is 12.8 Å². The molecule has 0 bridgehead atoms. The lowest BCUT2D eigenvalue weighted by molar-refractivity contribution is -0.142. The molecule has 98 valence electrons. The summed E-state index contributed by atoms with van der Waals surface area (Å²) in [6.45, 7) is 0.704. The van der Waals surface area contributed by atoms with Gasteiger partial charge in [0.25, 0.3) is 0 Å². The molecule has 1 saturated carbocycles. The largest absolute Gasteiger partial charge is 0.480 e. The first-order chi connectivity index (χ1) is 8.75. The maximum Gasteiger partial charge on any atom is 0.320 e. The molecule has 2 fully saturated rings. The van der Waals surface area contributed by atoms with Gasteiger partial charge in [0, 0.05) is 17.6 Å². The van der Waals surface area contributed by atoms with Gasteiger partial charge in [0.1, 0.15) is 11.0 Å². The molecule has 1 aliphatic carbocycles. The van der Waals surface area contributed by atoms with Crippen molar-refractivity contribution >= 4 is 17.3 Å². The van der Waals surface area contributed by atoms with Gasteiger partial charge in [0.05, 0.1) is 6.54 Å². The lowest BCUT2D eigenvalue weighted by atomic mass is 9.85. The van der Waals surface area contributed by atoms with Crippen LogP contribution in [-0.4, -0.2) is 33.0 Å². The summed E-state index contributed by atoms with van der Waals surface area (Å²) in [5.41, 5.74) is 0. The van der Waals surface area contributed by atoms with Gasteiger partial charge in [0.2, 0.25) is 0 Å². The molecule has 1 N–H and O–H groups in total. The van der Waals surface area contributed by atoms with E-state index in [1.54, 1.807) is 17.5 Å². The van der Waals surface area contributed by atoms with E-state index in [9.17, 15) is 9.90 Å². The molecule has 3 unspecified atom stereocenters. The molecule has 1 aliphatic heterocycles. The Kier molecular flexibility index (Phi) is 3.35. The zero-order chi connectivity index (χ0) is 12.5. The first-order valence-corrected chi connectivity index (χ1v) is 7.50. The van der Waals surface area contributed by atoms with Crippen LogP contribution in [0.2, 0.25) is 0 Å². The Hall–Kier alpha value is -0.940. The quantitative estimate of drug-likeness (QED) is 0.912. The van der Waals surface area contributed by atoms with E-state index >= 15 is 0 Å². The Bertz CT molecular complexity index is 421. The number of rotatable bonds is 3. The van der Waals surface area contributed by atoms with Gasteiger partial charge >= 0.3 is 5.97 Å². The van der Waals surface area contributed by atoms with Gasteiger partial charge in [-0.05, 0) is 25.2 Å². The van der Waals surface area contributed by atoms with Crippen LogP contribution >= 0.6 is 11.3 Å². The fourth-order valence-electron chi connectivity index (χ4n) is 3.51. The number of hydrogen-bond acceptors (Lipinski definition) is 4. The van der Waals surface area contributed by atoms with Crippen molar-refractivity contribution < 1.29 is 9.90 Å². The van der Waals surface area contributed by atoms with Crippen LogP contribution in [0.4, 0.5) is 0 Å². The number of likely N-dealkylation sites (tertiary alicyclic amines) is 1. The molecular formula is C13H18N2O2S. The fraction of sp³-hybridized carbons (Fsp3) is 0.692. The maximum absolute atomic E-state index is 11.4. The van der Waals surface area contributed by atoms with Gasteiger partial charge in [-0.2, -0.15) is 0 Å². The number of aliphatic carboxylic acids is 1. The Morgan fingerprint density at radius 2 is 2.33 bits per heavy atom. The average Bonchev–Trinajstić information content (AvgIpc) is 2.98. The van der Waals surface area contributed by atoms with Crippen molar-refractivity contribution in [3.8, 4) is 0 Å². The van der Waals surface area contributed by atoms with Gasteiger partial charge in [-0.15, -0.1) is 11.3 Å². The Balaban J connectivity index is 1.80. The molecule has 1 saturated heterocycles. The molecule has 0 radical (unpaired) electrons. The van der Waals surface area contributed by atoms with Crippen LogP contribution in [0, 0.1) is 5.92 Å². The van der Waals surface area contributed by atoms with Gasteiger partial charge in [0.15, 0.2) is 0 Å². The number of nitrogens with zero attached hydrogens (tertiary/aromatic N) is 2. The fourth-order valence-corrected chi connectivity index (χ4v) is 4.13. The van der Waals surface area contributed by atoms with E-state index in [1.807, 2.05) is 5.38 Å². The van der Waals surface area contributed by atoms with Crippen molar-refractivity contribution in [2.45, 2.75) is 50.7 Å². The van der Waals surface area contributed by atoms with Crippen LogP contribution < -0.4 is 0 Å². The number of fused-ring (bicyclic) bond motifs is 1. The third-order valence-electron chi connectivity index (χ3n) is 4.31. The van der Waals surface area contributed by atoms with E-state index in [0.717, 1.165) is 17.8 Å². The second-order valence-corrected chi connectivity index (χ2v) is 6.28. The molecule has 0 amide bonds. The van der Waals surface area contributed by atoms with E-state index in [4.69, 9.17) is 0 Å². The molecule has 1 aromatic heterocycles. The summed E-state index contributed by atoms with van der Waals surface area (Å²) in [4.78, 5) is 17.9. The van der Waals surface area contributed by atoms with Crippen LogP contribution in [0.25, 0.3) is 0 Å². The van der Waals surface area contributed by atoms with Gasteiger partial charge in [-0.3, -0.25) is 9.69 Å². The summed E-state index contributed by atoms with van der Waals surface area (Å²) < 4.78 is 0. The normalized spacial score (nSPS) is 32.3. The molecule has 2 heterocycles. The number of carboxylic acid groups (broad SMARTS) is 1. The Morgan fingerprint density at radius 3 is 3.06 bits per heavy atom. The minimum absolute atomic E-state index is 0.304. The molecule has 0 aromatic carbocycles. The molecular weight excluding hydrogens is 248 g/mol. The molecule has 0 spiro atoms. The highest BCUT2D eigenvalue weighted by molar-refractivity contribution is 7.09. The summed E-state index contributed by atoms with van der Waals surface area (Å²) in [6.07, 6.45) is 7.47. The second kappa shape index (κ2) is 4.97. The van der Waals surface area contributed by atoms with Crippen molar-refractivity contribution in [2.24, 2.45) is 5.92 Å². The minimum Gasteiger partial charge on any atom is -0.480 e. The van der Waals surface area contributed by atoms with Crippen molar-refractivity contribution in [3.05, 3.63) is 16.6 Å². The highest BCUT2D eigenvalue weighted by Gasteiger charge is 2.45. The number of hydrogen-bond donors (Lipinski definition) is 1. The summed E-state index contributed by atoms with van der Waals surface area (Å²) in [7, 11) is 0. The number of carboxylic acids is 1. The van der Waals surface area contributed by atoms with E-state index in [-0.39, 0.29) is 6.04 Å². The van der Waals surface area contributed by atoms with E-state index in [2.05, 4.69) is 9.88 Å². The smallest absolute Gasteiger partial charge is 0.320 e. The molecule has 2 aliphatic rings. The van der Waals surface area contributed by atoms with Crippen LogP contribution in [0.1, 0.15) is 37.1 Å². The Labute approximate surface area is 111 Å². The molecule has 3 atom stereocenters. The molecule has 5 heteroatoms. The maximum atomic E-state index is 11.4. The standard InChI is InChI=1S/C13H18N2O2S/c16-13(17)11-7-9-3-1-2-4-10(9)15(11)8-12-14-5-6-18-12/h5-6,9-11H,1-4,7-8H2,(H,16,17). The van der Waals surface area contributed by atoms with Crippen LogP contribution in [0.3, 0.4) is 0 Å². The first-order valence-electron chi connectivity index (χ1n) is 6.62. The third-order valence-corrected chi connectivity index (χ3v) is 5.07. The lowest BCUT2D eigenvalue weighted by Gasteiger charge is -2.32. The van der Waals surface area contributed by atoms with Crippen LogP contribution in [0.5, 0.6) is 0 Å². The van der Waals surface area contributed by atoms with Crippen LogP contribution in [-0.2, 0) is 11.3 Å². The van der Waals surface area contributed by atoms with Crippen LogP contribution in [0.15, 0.2) is 11.6 Å². The topological polar surface area (TPSA) is 53.4 Å². The molecule has 1 aromatic rings. The highest BCUT2D eigenvalue weighted by Crippen LogP contribution is 2.40. The average molecular weight is 266 g/mol. The lowest BCUT2D eigenvalue weighted by Crippen LogP contribution is -2.41. The van der Waals surface area contributed by atoms with Crippen molar-refractivity contribution in [1.29, 1.82) is 0 Å². The van der Waals surface area contributed by atoms with Crippen molar-refractivity contribution in [3.63, 3.8) is 0 Å². The number of carbonyl (C=O) groups is 1. The first kappa shape index (κ1) is 12.1. The van der Waals surface area contributed by atoms with E-state index in [1.165, 1.54) is 19.3 Å². The predicted molar refractivity (Wildman–Crippen MR) is 69.4 cm³/mol. The van der Waals surface area contributed by atoms with Gasteiger partial charge in [-0.25, -0.2) is 4.98 Å². The number of thiazole rings is 1. The van der Waals surface area contributed by atoms with Gasteiger partial charge < -0.3 is 5.11 Å². The zero-order valence-corrected chi connectivity index (χ0v) is 11.1. The molecule has 4 nitrogen and oxygen atoms in total. The summed E-state index contributed by atoms with van der Waals surface area (Å²) >= 11 is 1.62. The molecule has 3 rings (SSSR count). The Morgan fingerprint density at radius 1 is 1.50 bits per heavy atom. The number of aromatic nitrogens is 1. The van der Waals surface area contributed by atoms with E-state index in [0.29, 0.717) is 18.5 Å². The SMILES string of the molecule is O=C(O)C1CC2CCCCC2N1Cc1nccs1. The van der Waals surface area contributed by atoms with Crippen molar-refractivity contribution in [1.82, 2.24) is 9.88 Å². The molecule has 18 heavy (non-hydrogen) atoms.